The van der Waals surface area contributed by atoms with Crippen molar-refractivity contribution in [3.8, 4) is 0 Å². The van der Waals surface area contributed by atoms with Crippen LogP contribution in [0.3, 0.4) is 0 Å². The van der Waals surface area contributed by atoms with Crippen molar-refractivity contribution in [3.05, 3.63) is 18.2 Å². The Morgan fingerprint density at radius 3 is 2.80 bits per heavy atom. The van der Waals surface area contributed by atoms with Crippen molar-refractivity contribution in [3.63, 3.8) is 0 Å². The van der Waals surface area contributed by atoms with Gasteiger partial charge in [0.25, 0.3) is 5.91 Å². The van der Waals surface area contributed by atoms with Crippen LogP contribution in [-0.2, 0) is 6.54 Å². The number of amides is 1. The van der Waals surface area contributed by atoms with Crippen LogP contribution in [0.5, 0.6) is 0 Å². The van der Waals surface area contributed by atoms with Gasteiger partial charge in [0.15, 0.2) is 0 Å². The van der Waals surface area contributed by atoms with E-state index in [-0.39, 0.29) is 6.61 Å². The zero-order valence-corrected chi connectivity index (χ0v) is 8.72. The molecule has 0 saturated carbocycles. The van der Waals surface area contributed by atoms with Gasteiger partial charge < -0.3 is 15.4 Å². The van der Waals surface area contributed by atoms with Gasteiger partial charge in [-0.1, -0.05) is 12.8 Å². The van der Waals surface area contributed by atoms with Crippen LogP contribution in [0.4, 0.5) is 0 Å². The van der Waals surface area contributed by atoms with E-state index in [1.807, 2.05) is 0 Å². The molecule has 0 aromatic carbocycles. The van der Waals surface area contributed by atoms with Crippen LogP contribution in [-0.4, -0.2) is 27.2 Å². The van der Waals surface area contributed by atoms with Crippen molar-refractivity contribution in [2.45, 2.75) is 32.2 Å². The molecule has 5 heteroatoms. The number of hydrogen-bond donors (Lipinski definition) is 2. The predicted octanol–water partition coefficient (Wildman–Crippen LogP) is 0.535. The first kappa shape index (κ1) is 11.7. The van der Waals surface area contributed by atoms with Gasteiger partial charge in [-0.2, -0.15) is 0 Å². The summed E-state index contributed by atoms with van der Waals surface area (Å²) in [6, 6.07) is 0. The number of rotatable bonds is 7. The highest BCUT2D eigenvalue weighted by atomic mass is 16.2. The van der Waals surface area contributed by atoms with Crippen LogP contribution < -0.4 is 5.73 Å². The van der Waals surface area contributed by atoms with Crippen molar-refractivity contribution in [2.75, 3.05) is 6.61 Å². The van der Waals surface area contributed by atoms with Crippen LogP contribution >= 0.6 is 0 Å². The van der Waals surface area contributed by atoms with Crippen molar-refractivity contribution in [1.82, 2.24) is 9.55 Å². The van der Waals surface area contributed by atoms with E-state index >= 15 is 0 Å². The largest absolute Gasteiger partial charge is 0.396 e. The van der Waals surface area contributed by atoms with Gasteiger partial charge in [0, 0.05) is 13.2 Å². The number of carbonyl (C=O) groups excluding carboxylic acids is 1. The number of unbranched alkanes of at least 4 members (excludes halogenated alkanes) is 3. The molecular weight excluding hydrogens is 194 g/mol. The maximum atomic E-state index is 10.9. The molecule has 0 radical (unpaired) electrons. The maximum absolute atomic E-state index is 10.9. The van der Waals surface area contributed by atoms with Gasteiger partial charge in [0.05, 0.1) is 12.5 Å². The van der Waals surface area contributed by atoms with Gasteiger partial charge in [0.1, 0.15) is 5.69 Å². The van der Waals surface area contributed by atoms with E-state index in [9.17, 15) is 4.79 Å². The highest BCUT2D eigenvalue weighted by molar-refractivity contribution is 5.90. The minimum atomic E-state index is -0.442. The summed E-state index contributed by atoms with van der Waals surface area (Å²) in [4.78, 5) is 14.8. The molecule has 0 bridgehead atoms. The van der Waals surface area contributed by atoms with Crippen LogP contribution in [0.25, 0.3) is 0 Å². The van der Waals surface area contributed by atoms with E-state index < -0.39 is 5.91 Å². The monoisotopic (exact) mass is 211 g/mol. The zero-order valence-electron chi connectivity index (χ0n) is 8.72. The number of imidazole rings is 1. The third-order valence-corrected chi connectivity index (χ3v) is 2.27. The SMILES string of the molecule is NC(=O)c1cncn1CCCCCCO. The maximum Gasteiger partial charge on any atom is 0.266 e. The number of carbonyl (C=O) groups is 1. The van der Waals surface area contributed by atoms with Crippen LogP contribution in [0.1, 0.15) is 36.2 Å². The molecule has 1 aromatic heterocycles. The van der Waals surface area contributed by atoms with Crippen LogP contribution in [0.2, 0.25) is 0 Å². The van der Waals surface area contributed by atoms with Crippen LogP contribution in [0, 0.1) is 0 Å². The van der Waals surface area contributed by atoms with Crippen molar-refractivity contribution in [1.29, 1.82) is 0 Å². The van der Waals surface area contributed by atoms with Gasteiger partial charge in [-0.15, -0.1) is 0 Å². The molecule has 1 heterocycles. The first-order valence-corrected chi connectivity index (χ1v) is 5.16. The van der Waals surface area contributed by atoms with Crippen LogP contribution in [0.15, 0.2) is 12.5 Å². The summed E-state index contributed by atoms with van der Waals surface area (Å²) in [7, 11) is 0. The molecule has 0 aliphatic rings. The molecule has 0 saturated heterocycles. The third kappa shape index (κ3) is 3.71. The Balaban J connectivity index is 2.31. The standard InChI is InChI=1S/C10H17N3O2/c11-10(15)9-7-12-8-13(9)5-3-1-2-4-6-14/h7-8,14H,1-6H2,(H2,11,15). The number of aliphatic hydroxyl groups excluding tert-OH is 1. The van der Waals surface area contributed by atoms with E-state index in [4.69, 9.17) is 10.8 Å². The molecule has 0 aliphatic heterocycles. The Labute approximate surface area is 88.9 Å². The van der Waals surface area contributed by atoms with Crippen molar-refractivity contribution >= 4 is 5.91 Å². The normalized spacial score (nSPS) is 10.5. The molecule has 84 valence electrons. The summed E-state index contributed by atoms with van der Waals surface area (Å²) in [5.74, 6) is -0.442. The predicted molar refractivity (Wildman–Crippen MR) is 56.3 cm³/mol. The molecule has 15 heavy (non-hydrogen) atoms. The minimum Gasteiger partial charge on any atom is -0.396 e. The van der Waals surface area contributed by atoms with E-state index in [0.717, 1.165) is 32.2 Å². The molecule has 3 N–H and O–H groups in total. The molecule has 5 nitrogen and oxygen atoms in total. The smallest absolute Gasteiger partial charge is 0.266 e. The highest BCUT2D eigenvalue weighted by Gasteiger charge is 2.06. The molecule has 0 fully saturated rings. The lowest BCUT2D eigenvalue weighted by atomic mass is 10.2. The summed E-state index contributed by atoms with van der Waals surface area (Å²) in [5, 5.41) is 8.59. The number of hydrogen-bond acceptors (Lipinski definition) is 3. The molecule has 1 rings (SSSR count). The lowest BCUT2D eigenvalue weighted by Crippen LogP contribution is -2.16. The number of primary amides is 1. The number of aliphatic hydroxyl groups is 1. The Morgan fingerprint density at radius 2 is 2.13 bits per heavy atom. The topological polar surface area (TPSA) is 81.1 Å². The summed E-state index contributed by atoms with van der Waals surface area (Å²) < 4.78 is 1.77. The average Bonchev–Trinajstić information content (AvgIpc) is 2.66. The molecule has 1 amide bonds. The van der Waals surface area contributed by atoms with E-state index in [2.05, 4.69) is 4.98 Å². The summed E-state index contributed by atoms with van der Waals surface area (Å²) in [6.45, 7) is 1.00. The average molecular weight is 211 g/mol. The second-order valence-electron chi connectivity index (χ2n) is 3.47. The summed E-state index contributed by atoms with van der Waals surface area (Å²) in [6.07, 6.45) is 6.96. The fourth-order valence-electron chi connectivity index (χ4n) is 1.45. The Hall–Kier alpha value is -1.36. The number of aryl methyl sites for hydroxylation is 1. The zero-order chi connectivity index (χ0) is 11.1. The molecule has 0 unspecified atom stereocenters. The summed E-state index contributed by atoms with van der Waals surface area (Å²) >= 11 is 0. The van der Waals surface area contributed by atoms with E-state index in [1.165, 1.54) is 6.20 Å². The van der Waals surface area contributed by atoms with Gasteiger partial charge in [0.2, 0.25) is 0 Å². The number of aromatic nitrogens is 2. The Bertz CT molecular complexity index is 309. The molecule has 0 atom stereocenters. The Morgan fingerprint density at radius 1 is 1.40 bits per heavy atom. The lowest BCUT2D eigenvalue weighted by molar-refractivity contribution is 0.0991. The summed E-state index contributed by atoms with van der Waals surface area (Å²) in [5.41, 5.74) is 5.63. The quantitative estimate of drug-likeness (QED) is 0.646. The van der Waals surface area contributed by atoms with E-state index in [0.29, 0.717) is 5.69 Å². The number of nitrogens with zero attached hydrogens (tertiary/aromatic N) is 2. The Kier molecular flexibility index (Phi) is 4.83. The van der Waals surface area contributed by atoms with E-state index in [1.54, 1.807) is 10.9 Å². The first-order valence-electron chi connectivity index (χ1n) is 5.16. The first-order chi connectivity index (χ1) is 7.25. The molecule has 1 aromatic rings. The van der Waals surface area contributed by atoms with Crippen molar-refractivity contribution in [2.24, 2.45) is 5.73 Å². The second kappa shape index (κ2) is 6.19. The number of nitrogens with two attached hydrogens (primary N) is 1. The lowest BCUT2D eigenvalue weighted by Gasteiger charge is -2.04. The fraction of sp³-hybridized carbons (Fsp3) is 0.600. The van der Waals surface area contributed by atoms with Gasteiger partial charge in [-0.05, 0) is 12.8 Å². The minimum absolute atomic E-state index is 0.248. The molecular formula is C10H17N3O2. The van der Waals surface area contributed by atoms with Gasteiger partial charge >= 0.3 is 0 Å². The third-order valence-electron chi connectivity index (χ3n) is 2.27. The second-order valence-corrected chi connectivity index (χ2v) is 3.47. The molecule has 0 aliphatic carbocycles. The van der Waals surface area contributed by atoms with Gasteiger partial charge in [-0.25, -0.2) is 4.98 Å². The fourth-order valence-corrected chi connectivity index (χ4v) is 1.45. The molecule has 0 spiro atoms. The van der Waals surface area contributed by atoms with Gasteiger partial charge in [-0.3, -0.25) is 4.79 Å². The van der Waals surface area contributed by atoms with Crippen molar-refractivity contribution < 1.29 is 9.90 Å². The highest BCUT2D eigenvalue weighted by Crippen LogP contribution is 2.04.